The van der Waals surface area contributed by atoms with Gasteiger partial charge in [-0.15, -0.1) is 0 Å². The lowest BCUT2D eigenvalue weighted by atomic mass is 9.91. The zero-order valence-corrected chi connectivity index (χ0v) is 20.5. The zero-order valence-electron chi connectivity index (χ0n) is 20.5. The number of pyridine rings is 1. The third kappa shape index (κ3) is 6.29. The van der Waals surface area contributed by atoms with Gasteiger partial charge < -0.3 is 24.6 Å². The topological polar surface area (TPSA) is 108 Å². The molecule has 2 aliphatic heterocycles. The number of hydrogen-bond donors (Lipinski definition) is 2. The first-order valence-corrected chi connectivity index (χ1v) is 12.3. The first kappa shape index (κ1) is 25.7. The molecule has 0 saturated carbocycles. The van der Waals surface area contributed by atoms with Crippen molar-refractivity contribution in [3.8, 4) is 17.4 Å². The number of halogens is 3. The van der Waals surface area contributed by atoms with E-state index in [0.29, 0.717) is 29.2 Å². The summed E-state index contributed by atoms with van der Waals surface area (Å²) in [5.74, 6) is 0.272. The van der Waals surface area contributed by atoms with Gasteiger partial charge in [0, 0.05) is 30.6 Å². The van der Waals surface area contributed by atoms with Gasteiger partial charge in [0.15, 0.2) is 11.5 Å². The number of nitrogens with zero attached hydrogens (tertiary/aromatic N) is 3. The minimum absolute atomic E-state index is 0.0341. The highest BCUT2D eigenvalue weighted by Crippen LogP contribution is 2.36. The number of carboxylic acids is 1. The number of rotatable bonds is 10. The first-order chi connectivity index (χ1) is 18.2. The van der Waals surface area contributed by atoms with E-state index in [-0.39, 0.29) is 32.1 Å². The van der Waals surface area contributed by atoms with Crippen LogP contribution in [0.5, 0.6) is 17.4 Å². The zero-order chi connectivity index (χ0) is 26.7. The molecule has 2 N–H and O–H groups in total. The van der Waals surface area contributed by atoms with Crippen LogP contribution >= 0.6 is 0 Å². The van der Waals surface area contributed by atoms with Crippen molar-refractivity contribution in [2.45, 2.75) is 50.7 Å². The van der Waals surface area contributed by atoms with Gasteiger partial charge in [0.25, 0.3) is 0 Å². The van der Waals surface area contributed by atoms with Crippen molar-refractivity contribution in [2.75, 3.05) is 25.3 Å². The molecule has 2 aliphatic rings. The van der Waals surface area contributed by atoms with Crippen LogP contribution in [0.15, 0.2) is 36.4 Å². The number of hydrogen-bond acceptors (Lipinski definition) is 7. The number of carbonyl (C=O) groups is 1. The SMILES string of the molecule is O=C(O)CC(Cc1cc(OCCc2ccc3c(n2)NCCC3)n(CC(F)(F)F)n1)c1ccc2c(c1)OCO2. The number of carboxylic acid groups (broad SMARTS) is 1. The van der Waals surface area contributed by atoms with E-state index in [0.717, 1.165) is 41.1 Å². The molecule has 0 radical (unpaired) electrons. The van der Waals surface area contributed by atoms with E-state index in [9.17, 15) is 23.1 Å². The lowest BCUT2D eigenvalue weighted by molar-refractivity contribution is -0.143. The summed E-state index contributed by atoms with van der Waals surface area (Å²) in [6.45, 7) is -0.288. The minimum atomic E-state index is -4.51. The summed E-state index contributed by atoms with van der Waals surface area (Å²) < 4.78 is 57.0. The molecule has 1 atom stereocenters. The number of anilines is 1. The van der Waals surface area contributed by atoms with E-state index in [2.05, 4.69) is 15.4 Å². The van der Waals surface area contributed by atoms with Gasteiger partial charge in [-0.05, 0) is 48.6 Å². The molecule has 9 nitrogen and oxygen atoms in total. The van der Waals surface area contributed by atoms with Gasteiger partial charge in [-0.1, -0.05) is 12.1 Å². The Bertz CT molecular complexity index is 1310. The van der Waals surface area contributed by atoms with Gasteiger partial charge >= 0.3 is 12.1 Å². The molecule has 5 rings (SSSR count). The Kier molecular flexibility index (Phi) is 7.30. The van der Waals surface area contributed by atoms with Crippen molar-refractivity contribution < 1.29 is 37.3 Å². The molecule has 12 heteroatoms. The Labute approximate surface area is 216 Å². The van der Waals surface area contributed by atoms with Gasteiger partial charge in [0.1, 0.15) is 12.4 Å². The van der Waals surface area contributed by atoms with Gasteiger partial charge in [0.2, 0.25) is 12.7 Å². The lowest BCUT2D eigenvalue weighted by Gasteiger charge is -2.17. The molecular weight excluding hydrogens is 505 g/mol. The minimum Gasteiger partial charge on any atom is -0.481 e. The third-order valence-electron chi connectivity index (χ3n) is 6.43. The summed E-state index contributed by atoms with van der Waals surface area (Å²) >= 11 is 0. The Morgan fingerprint density at radius 2 is 2.00 bits per heavy atom. The van der Waals surface area contributed by atoms with Crippen molar-refractivity contribution in [1.29, 1.82) is 0 Å². The van der Waals surface area contributed by atoms with E-state index in [1.54, 1.807) is 18.2 Å². The van der Waals surface area contributed by atoms with Crippen LogP contribution in [-0.2, 0) is 30.6 Å². The lowest BCUT2D eigenvalue weighted by Crippen LogP contribution is -2.20. The van der Waals surface area contributed by atoms with Crippen LogP contribution in [0.2, 0.25) is 0 Å². The maximum Gasteiger partial charge on any atom is 0.408 e. The molecule has 0 bridgehead atoms. The molecule has 1 aromatic carbocycles. The highest BCUT2D eigenvalue weighted by molar-refractivity contribution is 5.68. The first-order valence-electron chi connectivity index (χ1n) is 12.3. The second-order valence-corrected chi connectivity index (χ2v) is 9.30. The van der Waals surface area contributed by atoms with Gasteiger partial charge in [0.05, 0.1) is 18.7 Å². The average molecular weight is 533 g/mol. The van der Waals surface area contributed by atoms with Gasteiger partial charge in [-0.3, -0.25) is 4.79 Å². The predicted molar refractivity (Wildman–Crippen MR) is 130 cm³/mol. The normalized spacial score (nSPS) is 15.0. The number of aryl methyl sites for hydroxylation is 1. The average Bonchev–Trinajstić information content (AvgIpc) is 3.48. The van der Waals surface area contributed by atoms with Crippen LogP contribution in [0.3, 0.4) is 0 Å². The number of aliphatic carboxylic acids is 1. The third-order valence-corrected chi connectivity index (χ3v) is 6.43. The Hall–Kier alpha value is -3.96. The second kappa shape index (κ2) is 10.8. The van der Waals surface area contributed by atoms with E-state index >= 15 is 0 Å². The summed E-state index contributed by atoms with van der Waals surface area (Å²) in [7, 11) is 0. The van der Waals surface area contributed by atoms with Crippen LogP contribution < -0.4 is 19.5 Å². The Morgan fingerprint density at radius 1 is 1.16 bits per heavy atom. The quantitative estimate of drug-likeness (QED) is 0.397. The Morgan fingerprint density at radius 3 is 2.82 bits per heavy atom. The number of nitrogens with one attached hydrogen (secondary N) is 1. The molecule has 2 aromatic heterocycles. The largest absolute Gasteiger partial charge is 0.481 e. The standard InChI is InChI=1S/C26H27F3N4O5/c27-26(28,29)14-33-23(36-9-7-19-5-3-16-2-1-8-30-25(16)31-19)13-20(32-33)10-18(12-24(34)35)17-4-6-21-22(11-17)38-15-37-21/h3-6,11,13,18H,1-2,7-10,12,14-15H2,(H,30,31)(H,34,35). The van der Waals surface area contributed by atoms with Crippen molar-refractivity contribution in [1.82, 2.24) is 14.8 Å². The number of aromatic nitrogens is 3. The fourth-order valence-electron chi connectivity index (χ4n) is 4.66. The number of benzene rings is 1. The Balaban J connectivity index is 1.31. The summed E-state index contributed by atoms with van der Waals surface area (Å²) in [6, 6.07) is 10.5. The smallest absolute Gasteiger partial charge is 0.408 e. The number of alkyl halides is 3. The highest BCUT2D eigenvalue weighted by atomic mass is 19.4. The summed E-state index contributed by atoms with van der Waals surface area (Å²) in [4.78, 5) is 16.2. The van der Waals surface area contributed by atoms with Crippen LogP contribution in [0.25, 0.3) is 0 Å². The van der Waals surface area contributed by atoms with Crippen LogP contribution in [0.4, 0.5) is 19.0 Å². The molecule has 0 fully saturated rings. The van der Waals surface area contributed by atoms with E-state index in [1.165, 1.54) is 6.07 Å². The maximum atomic E-state index is 13.3. The molecule has 0 aliphatic carbocycles. The molecular formula is C26H27F3N4O5. The van der Waals surface area contributed by atoms with Crippen molar-refractivity contribution in [3.05, 3.63) is 58.9 Å². The van der Waals surface area contributed by atoms with E-state index in [4.69, 9.17) is 14.2 Å². The van der Waals surface area contributed by atoms with E-state index < -0.39 is 24.6 Å². The fourth-order valence-corrected chi connectivity index (χ4v) is 4.66. The second-order valence-electron chi connectivity index (χ2n) is 9.30. The highest BCUT2D eigenvalue weighted by Gasteiger charge is 2.31. The monoisotopic (exact) mass is 532 g/mol. The predicted octanol–water partition coefficient (Wildman–Crippen LogP) is 4.35. The van der Waals surface area contributed by atoms with Crippen LogP contribution in [-0.4, -0.2) is 52.0 Å². The maximum absolute atomic E-state index is 13.3. The molecule has 38 heavy (non-hydrogen) atoms. The van der Waals surface area contributed by atoms with Crippen molar-refractivity contribution in [2.24, 2.45) is 0 Å². The number of fused-ring (bicyclic) bond motifs is 2. The van der Waals surface area contributed by atoms with Gasteiger partial charge in [-0.25, -0.2) is 9.67 Å². The molecule has 0 spiro atoms. The molecule has 202 valence electrons. The van der Waals surface area contributed by atoms with Crippen LogP contribution in [0, 0.1) is 0 Å². The molecule has 0 saturated heterocycles. The summed E-state index contributed by atoms with van der Waals surface area (Å²) in [6.07, 6.45) is -2.23. The summed E-state index contributed by atoms with van der Waals surface area (Å²) in [5, 5.41) is 16.8. The molecule has 3 aromatic rings. The van der Waals surface area contributed by atoms with E-state index in [1.807, 2.05) is 12.1 Å². The van der Waals surface area contributed by atoms with Crippen LogP contribution in [0.1, 0.15) is 41.3 Å². The molecule has 4 heterocycles. The number of ether oxygens (including phenoxy) is 3. The van der Waals surface area contributed by atoms with Crippen molar-refractivity contribution in [3.63, 3.8) is 0 Å². The van der Waals surface area contributed by atoms with Gasteiger partial charge in [-0.2, -0.15) is 18.3 Å². The summed E-state index contributed by atoms with van der Waals surface area (Å²) in [5.41, 5.74) is 2.87. The van der Waals surface area contributed by atoms with Crippen molar-refractivity contribution >= 4 is 11.8 Å². The fraction of sp³-hybridized carbons (Fsp3) is 0.423. The molecule has 1 unspecified atom stereocenters. The molecule has 0 amide bonds.